The second kappa shape index (κ2) is 4.36. The average Bonchev–Trinajstić information content (AvgIpc) is 2.61. The van der Waals surface area contributed by atoms with Crippen molar-refractivity contribution in [3.8, 4) is 0 Å². The molecule has 1 aromatic heterocycles. The van der Waals surface area contributed by atoms with E-state index in [4.69, 9.17) is 5.11 Å². The van der Waals surface area contributed by atoms with Crippen LogP contribution in [0.4, 0.5) is 0 Å². The number of aliphatic carboxylic acids is 1. The van der Waals surface area contributed by atoms with E-state index in [1.807, 2.05) is 0 Å². The summed E-state index contributed by atoms with van der Waals surface area (Å²) < 4.78 is 0. The lowest BCUT2D eigenvalue weighted by Gasteiger charge is -2.18. The fourth-order valence-electron chi connectivity index (χ4n) is 1.11. The van der Waals surface area contributed by atoms with Gasteiger partial charge < -0.3 is 20.5 Å². The largest absolute Gasteiger partial charge is 0.479 e. The van der Waals surface area contributed by atoms with Gasteiger partial charge in [0.1, 0.15) is 0 Å². The number of carbonyl (C=O) groups is 2. The number of carbonyl (C=O) groups excluding carboxylic acids is 1. The summed E-state index contributed by atoms with van der Waals surface area (Å²) in [5, 5.41) is 20.4. The van der Waals surface area contributed by atoms with E-state index in [2.05, 4.69) is 10.3 Å². The van der Waals surface area contributed by atoms with Gasteiger partial charge in [-0.2, -0.15) is 0 Å². The molecule has 1 aromatic rings. The number of aromatic nitrogens is 1. The number of H-pyrrole nitrogens is 1. The summed E-state index contributed by atoms with van der Waals surface area (Å²) in [5.74, 6) is -1.79. The number of aryl methyl sites for hydroxylation is 1. The predicted molar refractivity (Wildman–Crippen MR) is 56.1 cm³/mol. The highest BCUT2D eigenvalue weighted by Gasteiger charge is 2.30. The van der Waals surface area contributed by atoms with Gasteiger partial charge >= 0.3 is 5.97 Å². The maximum atomic E-state index is 11.6. The first kappa shape index (κ1) is 12.3. The Kier molecular flexibility index (Phi) is 3.34. The Morgan fingerprint density at radius 3 is 2.56 bits per heavy atom. The molecule has 1 atom stereocenters. The third kappa shape index (κ3) is 2.60. The Hall–Kier alpha value is -1.82. The highest BCUT2D eigenvalue weighted by molar-refractivity contribution is 5.95. The molecule has 0 aliphatic rings. The minimum atomic E-state index is -1.96. The molecule has 1 amide bonds. The van der Waals surface area contributed by atoms with Crippen LogP contribution in [0.1, 0.15) is 22.8 Å². The number of carboxylic acids is 1. The molecule has 0 saturated carbocycles. The number of rotatable bonds is 4. The molecule has 0 aromatic carbocycles. The molecule has 6 heteroatoms. The first-order valence-electron chi connectivity index (χ1n) is 4.72. The normalized spacial score (nSPS) is 14.2. The van der Waals surface area contributed by atoms with Crippen LogP contribution in [0.2, 0.25) is 0 Å². The molecular formula is C10H14N2O4. The van der Waals surface area contributed by atoms with Crippen LogP contribution in [0.3, 0.4) is 0 Å². The maximum Gasteiger partial charge on any atom is 0.337 e. The van der Waals surface area contributed by atoms with Gasteiger partial charge in [0.25, 0.3) is 5.91 Å². The first-order valence-corrected chi connectivity index (χ1v) is 4.72. The number of hydrogen-bond acceptors (Lipinski definition) is 3. The topological polar surface area (TPSA) is 102 Å². The van der Waals surface area contributed by atoms with Gasteiger partial charge in [0, 0.05) is 12.4 Å². The zero-order chi connectivity index (χ0) is 12.3. The summed E-state index contributed by atoms with van der Waals surface area (Å²) in [4.78, 5) is 24.9. The van der Waals surface area contributed by atoms with Crippen LogP contribution in [0.5, 0.6) is 0 Å². The quantitative estimate of drug-likeness (QED) is 0.575. The van der Waals surface area contributed by atoms with E-state index in [0.717, 1.165) is 12.5 Å². The van der Waals surface area contributed by atoms with Crippen molar-refractivity contribution >= 4 is 11.9 Å². The Morgan fingerprint density at radius 2 is 2.12 bits per heavy atom. The van der Waals surface area contributed by atoms with Crippen LogP contribution in [0, 0.1) is 6.92 Å². The molecule has 6 nitrogen and oxygen atoms in total. The van der Waals surface area contributed by atoms with Gasteiger partial charge in [-0.05, 0) is 19.4 Å². The van der Waals surface area contributed by atoms with Crippen molar-refractivity contribution in [3.63, 3.8) is 0 Å². The van der Waals surface area contributed by atoms with Crippen LogP contribution in [0.15, 0.2) is 12.4 Å². The van der Waals surface area contributed by atoms with E-state index >= 15 is 0 Å². The lowest BCUT2D eigenvalue weighted by atomic mass is 10.1. The third-order valence-electron chi connectivity index (χ3n) is 2.25. The summed E-state index contributed by atoms with van der Waals surface area (Å²) in [5.41, 5.74) is -0.770. The van der Waals surface area contributed by atoms with Crippen molar-refractivity contribution in [1.82, 2.24) is 10.3 Å². The molecule has 0 aliphatic carbocycles. The lowest BCUT2D eigenvalue weighted by Crippen LogP contribution is -2.46. The standard InChI is InChI=1S/C10H14N2O4/c1-6-3-11-4-7(6)8(13)12-5-10(2,16)9(14)15/h3-4,11,16H,5H2,1-2H3,(H,12,13)(H,14,15). The Bertz CT molecular complexity index is 409. The van der Waals surface area contributed by atoms with Crippen LogP contribution in [-0.2, 0) is 4.79 Å². The number of aromatic amines is 1. The zero-order valence-electron chi connectivity index (χ0n) is 9.07. The first-order chi connectivity index (χ1) is 7.34. The van der Waals surface area contributed by atoms with Gasteiger partial charge in [-0.25, -0.2) is 4.79 Å². The van der Waals surface area contributed by atoms with E-state index in [1.54, 1.807) is 13.1 Å². The summed E-state index contributed by atoms with van der Waals surface area (Å²) in [6.45, 7) is 2.53. The van der Waals surface area contributed by atoms with Crippen molar-refractivity contribution < 1.29 is 19.8 Å². The molecular weight excluding hydrogens is 212 g/mol. The number of amides is 1. The smallest absolute Gasteiger partial charge is 0.337 e. The average molecular weight is 226 g/mol. The molecule has 16 heavy (non-hydrogen) atoms. The van der Waals surface area contributed by atoms with Crippen LogP contribution in [-0.4, -0.2) is 39.2 Å². The number of aliphatic hydroxyl groups is 1. The number of carboxylic acid groups (broad SMARTS) is 1. The third-order valence-corrected chi connectivity index (χ3v) is 2.25. The summed E-state index contributed by atoms with van der Waals surface area (Å²) >= 11 is 0. The van der Waals surface area contributed by atoms with Crippen molar-refractivity contribution in [2.24, 2.45) is 0 Å². The van der Waals surface area contributed by atoms with Crippen molar-refractivity contribution in [1.29, 1.82) is 0 Å². The summed E-state index contributed by atoms with van der Waals surface area (Å²) in [7, 11) is 0. The van der Waals surface area contributed by atoms with Crippen LogP contribution < -0.4 is 5.32 Å². The second-order valence-electron chi connectivity index (χ2n) is 3.81. The van der Waals surface area contributed by atoms with Gasteiger partial charge in [-0.3, -0.25) is 4.79 Å². The van der Waals surface area contributed by atoms with Gasteiger partial charge in [0.15, 0.2) is 5.60 Å². The SMILES string of the molecule is Cc1c[nH]cc1C(=O)NCC(C)(O)C(=O)O. The summed E-state index contributed by atoms with van der Waals surface area (Å²) in [6.07, 6.45) is 3.17. The zero-order valence-corrected chi connectivity index (χ0v) is 9.07. The molecule has 0 aliphatic heterocycles. The fraction of sp³-hybridized carbons (Fsp3) is 0.400. The Labute approximate surface area is 92.3 Å². The molecule has 1 unspecified atom stereocenters. The fourth-order valence-corrected chi connectivity index (χ4v) is 1.11. The van der Waals surface area contributed by atoms with Crippen molar-refractivity contribution in [2.75, 3.05) is 6.54 Å². The van der Waals surface area contributed by atoms with Crippen molar-refractivity contribution in [3.05, 3.63) is 23.5 Å². The number of nitrogens with one attached hydrogen (secondary N) is 2. The van der Waals surface area contributed by atoms with E-state index in [9.17, 15) is 14.7 Å². The van der Waals surface area contributed by atoms with Gasteiger partial charge in [0.05, 0.1) is 12.1 Å². The van der Waals surface area contributed by atoms with Crippen molar-refractivity contribution in [2.45, 2.75) is 19.4 Å². The molecule has 0 fully saturated rings. The molecule has 1 rings (SSSR count). The predicted octanol–water partition coefficient (Wildman–Crippen LogP) is -0.111. The highest BCUT2D eigenvalue weighted by atomic mass is 16.4. The number of hydrogen-bond donors (Lipinski definition) is 4. The lowest BCUT2D eigenvalue weighted by molar-refractivity contribution is -0.155. The van der Waals surface area contributed by atoms with Gasteiger partial charge in [0.2, 0.25) is 0 Å². The highest BCUT2D eigenvalue weighted by Crippen LogP contribution is 2.06. The van der Waals surface area contributed by atoms with E-state index in [1.165, 1.54) is 6.20 Å². The molecule has 0 spiro atoms. The molecule has 88 valence electrons. The minimum absolute atomic E-state index is 0.341. The second-order valence-corrected chi connectivity index (χ2v) is 3.81. The molecule has 0 saturated heterocycles. The Balaban J connectivity index is 2.61. The van der Waals surface area contributed by atoms with Gasteiger partial charge in [-0.15, -0.1) is 0 Å². The van der Waals surface area contributed by atoms with Crippen LogP contribution >= 0.6 is 0 Å². The molecule has 0 radical (unpaired) electrons. The summed E-state index contributed by atoms with van der Waals surface area (Å²) in [6, 6.07) is 0. The minimum Gasteiger partial charge on any atom is -0.479 e. The van der Waals surface area contributed by atoms with E-state index < -0.39 is 17.5 Å². The van der Waals surface area contributed by atoms with Crippen LogP contribution in [0.25, 0.3) is 0 Å². The molecule has 0 bridgehead atoms. The Morgan fingerprint density at radius 1 is 1.50 bits per heavy atom. The van der Waals surface area contributed by atoms with E-state index in [0.29, 0.717) is 5.56 Å². The molecule has 1 heterocycles. The van der Waals surface area contributed by atoms with E-state index in [-0.39, 0.29) is 6.54 Å². The van der Waals surface area contributed by atoms with Gasteiger partial charge in [-0.1, -0.05) is 0 Å². The maximum absolute atomic E-state index is 11.6. The monoisotopic (exact) mass is 226 g/mol. The molecule has 4 N–H and O–H groups in total.